The van der Waals surface area contributed by atoms with Crippen molar-refractivity contribution in [2.24, 2.45) is 5.41 Å². The Balaban J connectivity index is 1.54. The van der Waals surface area contributed by atoms with Gasteiger partial charge in [0.15, 0.2) is 10.0 Å². The fourth-order valence-electron chi connectivity index (χ4n) is 3.63. The van der Waals surface area contributed by atoms with Gasteiger partial charge in [-0.2, -0.15) is 0 Å². The van der Waals surface area contributed by atoms with Crippen LogP contribution in [0.1, 0.15) is 50.0 Å². The van der Waals surface area contributed by atoms with E-state index in [0.717, 1.165) is 25.7 Å². The topological polar surface area (TPSA) is 100.0 Å². The van der Waals surface area contributed by atoms with Crippen molar-refractivity contribution in [1.82, 2.24) is 9.88 Å². The van der Waals surface area contributed by atoms with E-state index in [1.807, 2.05) is 12.2 Å². The van der Waals surface area contributed by atoms with Crippen LogP contribution in [0.4, 0.5) is 4.79 Å². The normalized spacial score (nSPS) is 21.4. The van der Waals surface area contributed by atoms with Crippen molar-refractivity contribution < 1.29 is 24.5 Å². The molecule has 0 radical (unpaired) electrons. The van der Waals surface area contributed by atoms with Crippen LogP contribution in [-0.2, 0) is 4.74 Å². The lowest BCUT2D eigenvalue weighted by Crippen LogP contribution is -2.40. The first-order chi connectivity index (χ1) is 14.3. The van der Waals surface area contributed by atoms with Crippen LogP contribution in [-0.4, -0.2) is 63.2 Å². The van der Waals surface area contributed by atoms with Crippen LogP contribution < -0.4 is 0 Å². The third kappa shape index (κ3) is 5.44. The summed E-state index contributed by atoms with van der Waals surface area (Å²) >= 11 is 2.69. The second kappa shape index (κ2) is 9.98. The van der Waals surface area contributed by atoms with Gasteiger partial charge in [0, 0.05) is 23.1 Å². The number of aliphatic hydroxyl groups excluding tert-OH is 1. The van der Waals surface area contributed by atoms with Crippen molar-refractivity contribution >= 4 is 35.2 Å². The van der Waals surface area contributed by atoms with Crippen LogP contribution in [0.5, 0.6) is 0 Å². The van der Waals surface area contributed by atoms with E-state index in [0.29, 0.717) is 16.6 Å². The first-order valence-corrected chi connectivity index (χ1v) is 11.9. The molecule has 2 heterocycles. The lowest BCUT2D eigenvalue weighted by atomic mass is 9.63. The predicted octanol–water partition coefficient (Wildman–Crippen LogP) is 4.20. The zero-order valence-corrected chi connectivity index (χ0v) is 18.9. The number of rotatable bonds is 10. The van der Waals surface area contributed by atoms with Crippen LogP contribution in [0.2, 0.25) is 0 Å². The maximum atomic E-state index is 12.1. The average molecular weight is 453 g/mol. The van der Waals surface area contributed by atoms with E-state index in [9.17, 15) is 14.7 Å². The summed E-state index contributed by atoms with van der Waals surface area (Å²) < 4.78 is 5.86. The Kier molecular flexibility index (Phi) is 7.60. The summed E-state index contributed by atoms with van der Waals surface area (Å²) in [7, 11) is 0. The molecule has 1 aliphatic heterocycles. The van der Waals surface area contributed by atoms with Gasteiger partial charge in [-0.25, -0.2) is 14.6 Å². The molecule has 1 aromatic rings. The highest BCUT2D eigenvalue weighted by atomic mass is 32.2. The number of carbonyl (C=O) groups is 2. The number of thioether (sulfide) groups is 1. The summed E-state index contributed by atoms with van der Waals surface area (Å²) in [6.45, 7) is 4.87. The quantitative estimate of drug-likeness (QED) is 0.405. The smallest absolute Gasteiger partial charge is 0.410 e. The minimum atomic E-state index is -1.04. The zero-order valence-electron chi connectivity index (χ0n) is 17.2. The Hall–Kier alpha value is -1.84. The van der Waals surface area contributed by atoms with Crippen molar-refractivity contribution in [1.29, 1.82) is 0 Å². The lowest BCUT2D eigenvalue weighted by Gasteiger charge is -2.44. The number of aromatic carboxylic acids is 1. The molecule has 1 saturated carbocycles. The largest absolute Gasteiger partial charge is 0.476 e. The molecule has 7 nitrogen and oxygen atoms in total. The molecule has 0 bridgehead atoms. The highest BCUT2D eigenvalue weighted by molar-refractivity contribution is 8.01. The summed E-state index contributed by atoms with van der Waals surface area (Å²) in [6, 6.07) is -0.209. The number of hydrogen-bond donors (Lipinski definition) is 2. The van der Waals surface area contributed by atoms with Crippen LogP contribution in [0.3, 0.4) is 0 Å². The molecule has 2 aliphatic rings. The minimum Gasteiger partial charge on any atom is -0.476 e. The number of nitrogens with zero attached hydrogens (tertiary/aromatic N) is 2. The van der Waals surface area contributed by atoms with Crippen LogP contribution in [0, 0.1) is 5.41 Å². The molecule has 30 heavy (non-hydrogen) atoms. The Bertz CT molecular complexity index is 827. The van der Waals surface area contributed by atoms with Gasteiger partial charge in [0.2, 0.25) is 0 Å². The van der Waals surface area contributed by atoms with Crippen molar-refractivity contribution in [3.63, 3.8) is 0 Å². The lowest BCUT2D eigenvalue weighted by molar-refractivity contribution is -0.00305. The zero-order chi connectivity index (χ0) is 21.7. The molecule has 2 N–H and O–H groups in total. The minimum absolute atomic E-state index is 0.0379. The van der Waals surface area contributed by atoms with Gasteiger partial charge in [0.05, 0.1) is 12.1 Å². The number of aromatic nitrogens is 1. The van der Waals surface area contributed by atoms with Gasteiger partial charge in [0.25, 0.3) is 0 Å². The van der Waals surface area contributed by atoms with Crippen molar-refractivity contribution in [3.8, 4) is 0 Å². The molecule has 1 amide bonds. The summed E-state index contributed by atoms with van der Waals surface area (Å²) in [5.74, 6) is -0.460. The van der Waals surface area contributed by atoms with Gasteiger partial charge in [0.1, 0.15) is 6.61 Å². The number of ether oxygens (including phenoxy) is 1. The SMILES string of the molecule is CC(C)=CCC1(C(O)C=CC2COC(=O)N2CCSc2nc(C(=O)O)cs2)CCC1. The maximum absolute atomic E-state index is 12.1. The molecular formula is C21H28N2O5S2. The van der Waals surface area contributed by atoms with Gasteiger partial charge in [-0.05, 0) is 33.1 Å². The number of carbonyl (C=O) groups excluding carboxylic acids is 1. The third-order valence-corrected chi connectivity index (χ3v) is 7.68. The summed E-state index contributed by atoms with van der Waals surface area (Å²) in [5, 5.41) is 21.2. The number of hydrogen-bond acceptors (Lipinski definition) is 7. The van der Waals surface area contributed by atoms with E-state index in [2.05, 4.69) is 24.9 Å². The molecule has 2 unspecified atom stereocenters. The van der Waals surface area contributed by atoms with E-state index in [1.54, 1.807) is 4.90 Å². The molecule has 1 saturated heterocycles. The first kappa shape index (κ1) is 22.8. The third-order valence-electron chi connectivity index (χ3n) is 5.68. The molecule has 9 heteroatoms. The van der Waals surface area contributed by atoms with Crippen LogP contribution in [0.25, 0.3) is 0 Å². The van der Waals surface area contributed by atoms with E-state index < -0.39 is 12.1 Å². The van der Waals surface area contributed by atoms with Crippen molar-refractivity contribution in [2.45, 2.75) is 56.0 Å². The summed E-state index contributed by atoms with van der Waals surface area (Å²) in [5.41, 5.74) is 1.20. The number of allylic oxidation sites excluding steroid dienone is 2. The molecular weight excluding hydrogens is 424 g/mol. The Labute approximate surface area is 184 Å². The summed E-state index contributed by atoms with van der Waals surface area (Å²) in [4.78, 5) is 28.7. The molecule has 2 atom stereocenters. The van der Waals surface area contributed by atoms with E-state index in [4.69, 9.17) is 9.84 Å². The molecule has 0 spiro atoms. The van der Waals surface area contributed by atoms with Gasteiger partial charge >= 0.3 is 12.1 Å². The van der Waals surface area contributed by atoms with E-state index in [-0.39, 0.29) is 29.9 Å². The van der Waals surface area contributed by atoms with Gasteiger partial charge in [-0.3, -0.25) is 4.90 Å². The maximum Gasteiger partial charge on any atom is 0.410 e. The molecule has 164 valence electrons. The second-order valence-electron chi connectivity index (χ2n) is 8.02. The van der Waals surface area contributed by atoms with Gasteiger partial charge in [-0.15, -0.1) is 11.3 Å². The number of amides is 1. The summed E-state index contributed by atoms with van der Waals surface area (Å²) in [6.07, 6.45) is 9.01. The molecule has 3 rings (SSSR count). The van der Waals surface area contributed by atoms with Crippen molar-refractivity contribution in [3.05, 3.63) is 34.9 Å². The van der Waals surface area contributed by atoms with E-state index in [1.165, 1.54) is 34.1 Å². The van der Waals surface area contributed by atoms with Crippen LogP contribution in [0.15, 0.2) is 33.5 Å². The molecule has 1 aromatic heterocycles. The molecule has 1 aliphatic carbocycles. The average Bonchev–Trinajstić information content (AvgIpc) is 3.26. The van der Waals surface area contributed by atoms with Gasteiger partial charge in [-0.1, -0.05) is 42.0 Å². The van der Waals surface area contributed by atoms with Crippen LogP contribution >= 0.6 is 23.1 Å². The van der Waals surface area contributed by atoms with Crippen molar-refractivity contribution in [2.75, 3.05) is 18.9 Å². The standard InChI is InChI=1S/C21H28N2O5S2/c1-14(2)6-9-21(7-3-8-21)17(24)5-4-15-12-28-20(27)23(15)10-11-29-19-22-16(13-30-19)18(25)26/h4-6,13,15,17,24H,3,7-12H2,1-2H3,(H,25,26). The van der Waals surface area contributed by atoms with Gasteiger partial charge < -0.3 is 14.9 Å². The molecule has 2 fully saturated rings. The first-order valence-electron chi connectivity index (χ1n) is 10.1. The Morgan fingerprint density at radius 2 is 2.27 bits per heavy atom. The molecule has 0 aromatic carbocycles. The number of aliphatic hydroxyl groups is 1. The Morgan fingerprint density at radius 3 is 2.87 bits per heavy atom. The monoisotopic (exact) mass is 452 g/mol. The number of carboxylic acid groups (broad SMARTS) is 1. The number of thiazole rings is 1. The fraction of sp³-hybridized carbons (Fsp3) is 0.571. The van der Waals surface area contributed by atoms with E-state index >= 15 is 0 Å². The number of carboxylic acids is 1. The highest BCUT2D eigenvalue weighted by Gasteiger charge is 2.41. The number of cyclic esters (lactones) is 1. The fourth-order valence-corrected chi connectivity index (χ4v) is 5.44. The second-order valence-corrected chi connectivity index (χ2v) is 10.2. The highest BCUT2D eigenvalue weighted by Crippen LogP contribution is 2.47. The predicted molar refractivity (Wildman–Crippen MR) is 117 cm³/mol. The Morgan fingerprint density at radius 1 is 1.50 bits per heavy atom.